The van der Waals surface area contributed by atoms with Gasteiger partial charge in [-0.2, -0.15) is 0 Å². The van der Waals surface area contributed by atoms with Gasteiger partial charge >= 0.3 is 0 Å². The summed E-state index contributed by atoms with van der Waals surface area (Å²) in [6, 6.07) is 0.819. The van der Waals surface area contributed by atoms with Crippen LogP contribution in [0.2, 0.25) is 0 Å². The number of ether oxygens (including phenoxy) is 1. The highest BCUT2D eigenvalue weighted by Crippen LogP contribution is 2.30. The molecule has 16 heavy (non-hydrogen) atoms. The molecule has 1 saturated carbocycles. The molecule has 1 atom stereocenters. The Bertz CT molecular complexity index is 220. The lowest BCUT2D eigenvalue weighted by Crippen LogP contribution is -2.51. The van der Waals surface area contributed by atoms with Crippen molar-refractivity contribution in [2.75, 3.05) is 26.3 Å². The fourth-order valence-corrected chi connectivity index (χ4v) is 2.41. The number of rotatable bonds is 6. The molecule has 0 amide bonds. The minimum absolute atomic E-state index is 0.0699. The predicted octanol–water partition coefficient (Wildman–Crippen LogP) is 1.61. The molecule has 2 N–H and O–H groups in total. The topological polar surface area (TPSA) is 38.5 Å². The van der Waals surface area contributed by atoms with Crippen molar-refractivity contribution in [3.63, 3.8) is 0 Å². The number of hydrogen-bond donors (Lipinski definition) is 1. The smallest absolute Gasteiger partial charge is 0.0659 e. The first-order chi connectivity index (χ1) is 7.59. The van der Waals surface area contributed by atoms with E-state index in [1.165, 1.54) is 25.8 Å². The zero-order valence-electron chi connectivity index (χ0n) is 10.7. The van der Waals surface area contributed by atoms with E-state index in [0.717, 1.165) is 38.1 Å². The largest absolute Gasteiger partial charge is 0.379 e. The van der Waals surface area contributed by atoms with Crippen molar-refractivity contribution in [2.45, 2.75) is 51.1 Å². The SMILES string of the molecule is CC(C)CCN(CC1(N)CCOC1)C1CC1. The maximum Gasteiger partial charge on any atom is 0.0659 e. The Kier molecular flexibility index (Phi) is 3.88. The summed E-state index contributed by atoms with van der Waals surface area (Å²) >= 11 is 0. The second kappa shape index (κ2) is 5.03. The standard InChI is InChI=1S/C13H26N2O/c1-11(2)5-7-15(12-3-4-12)9-13(14)6-8-16-10-13/h11-12H,3-10,14H2,1-2H3. The molecule has 0 aromatic heterocycles. The third-order valence-electron chi connectivity index (χ3n) is 3.71. The molecule has 0 aromatic carbocycles. The van der Waals surface area contributed by atoms with Gasteiger partial charge in [-0.05, 0) is 38.1 Å². The Labute approximate surface area is 99.3 Å². The molecule has 0 radical (unpaired) electrons. The first-order valence-corrected chi connectivity index (χ1v) is 6.70. The highest BCUT2D eigenvalue weighted by molar-refractivity contribution is 4.95. The predicted molar refractivity (Wildman–Crippen MR) is 66.4 cm³/mol. The van der Waals surface area contributed by atoms with Crippen LogP contribution in [-0.2, 0) is 4.74 Å². The molecule has 2 rings (SSSR count). The summed E-state index contributed by atoms with van der Waals surface area (Å²) in [7, 11) is 0. The average molecular weight is 226 g/mol. The Morgan fingerprint density at radius 1 is 1.44 bits per heavy atom. The van der Waals surface area contributed by atoms with E-state index >= 15 is 0 Å². The molecule has 94 valence electrons. The van der Waals surface area contributed by atoms with E-state index in [4.69, 9.17) is 10.5 Å². The quantitative estimate of drug-likeness (QED) is 0.748. The van der Waals surface area contributed by atoms with Crippen molar-refractivity contribution in [1.29, 1.82) is 0 Å². The summed E-state index contributed by atoms with van der Waals surface area (Å²) in [6.07, 6.45) is 5.05. The molecule has 1 aliphatic carbocycles. The normalized spacial score (nSPS) is 30.6. The molecule has 1 saturated heterocycles. The van der Waals surface area contributed by atoms with Crippen LogP contribution in [0.15, 0.2) is 0 Å². The number of hydrogen-bond acceptors (Lipinski definition) is 3. The van der Waals surface area contributed by atoms with Gasteiger partial charge in [0.15, 0.2) is 0 Å². The van der Waals surface area contributed by atoms with Crippen molar-refractivity contribution < 1.29 is 4.74 Å². The van der Waals surface area contributed by atoms with Crippen molar-refractivity contribution in [2.24, 2.45) is 11.7 Å². The van der Waals surface area contributed by atoms with Crippen LogP contribution < -0.4 is 5.73 Å². The monoisotopic (exact) mass is 226 g/mol. The van der Waals surface area contributed by atoms with Crippen LogP contribution in [0.5, 0.6) is 0 Å². The Morgan fingerprint density at radius 2 is 2.19 bits per heavy atom. The number of nitrogens with zero attached hydrogens (tertiary/aromatic N) is 1. The second-order valence-corrected chi connectivity index (χ2v) is 6.05. The molecule has 0 aromatic rings. The summed E-state index contributed by atoms with van der Waals surface area (Å²) in [5, 5.41) is 0. The molecule has 0 spiro atoms. The zero-order chi connectivity index (χ0) is 11.6. The second-order valence-electron chi connectivity index (χ2n) is 6.05. The van der Waals surface area contributed by atoms with Crippen LogP contribution in [0.4, 0.5) is 0 Å². The van der Waals surface area contributed by atoms with Crippen molar-refractivity contribution in [3.05, 3.63) is 0 Å². The van der Waals surface area contributed by atoms with Crippen molar-refractivity contribution in [3.8, 4) is 0 Å². The molecular weight excluding hydrogens is 200 g/mol. The molecule has 3 heteroatoms. The molecule has 1 unspecified atom stereocenters. The van der Waals surface area contributed by atoms with E-state index in [0.29, 0.717) is 0 Å². The Morgan fingerprint density at radius 3 is 2.69 bits per heavy atom. The fourth-order valence-electron chi connectivity index (χ4n) is 2.41. The first kappa shape index (κ1) is 12.3. The van der Waals surface area contributed by atoms with E-state index in [1.54, 1.807) is 0 Å². The Hall–Kier alpha value is -0.120. The van der Waals surface area contributed by atoms with Crippen molar-refractivity contribution >= 4 is 0 Å². The van der Waals surface area contributed by atoms with Crippen LogP contribution in [0.1, 0.15) is 39.5 Å². The average Bonchev–Trinajstić information content (AvgIpc) is 2.97. The van der Waals surface area contributed by atoms with Gasteiger partial charge in [0.2, 0.25) is 0 Å². The lowest BCUT2D eigenvalue weighted by Gasteiger charge is -2.31. The molecule has 2 fully saturated rings. The first-order valence-electron chi connectivity index (χ1n) is 6.70. The summed E-state index contributed by atoms with van der Waals surface area (Å²) in [4.78, 5) is 2.61. The fraction of sp³-hybridized carbons (Fsp3) is 1.00. The summed E-state index contributed by atoms with van der Waals surface area (Å²) < 4.78 is 5.44. The Balaban J connectivity index is 1.82. The number of nitrogens with two attached hydrogens (primary N) is 1. The molecule has 1 aliphatic heterocycles. The van der Waals surface area contributed by atoms with Crippen LogP contribution in [0.25, 0.3) is 0 Å². The highest BCUT2D eigenvalue weighted by atomic mass is 16.5. The molecule has 1 heterocycles. The van der Waals surface area contributed by atoms with Gasteiger partial charge in [0.1, 0.15) is 0 Å². The van der Waals surface area contributed by atoms with Gasteiger partial charge in [-0.25, -0.2) is 0 Å². The lowest BCUT2D eigenvalue weighted by molar-refractivity contribution is 0.146. The van der Waals surface area contributed by atoms with Crippen molar-refractivity contribution in [1.82, 2.24) is 4.90 Å². The molecule has 0 bridgehead atoms. The third-order valence-corrected chi connectivity index (χ3v) is 3.71. The maximum atomic E-state index is 6.37. The summed E-state index contributed by atoms with van der Waals surface area (Å²) in [6.45, 7) is 8.42. The zero-order valence-corrected chi connectivity index (χ0v) is 10.7. The highest BCUT2D eigenvalue weighted by Gasteiger charge is 2.37. The van der Waals surface area contributed by atoms with E-state index < -0.39 is 0 Å². The molecular formula is C13H26N2O. The van der Waals surface area contributed by atoms with E-state index in [-0.39, 0.29) is 5.54 Å². The van der Waals surface area contributed by atoms with Gasteiger partial charge in [-0.3, -0.25) is 4.90 Å². The van der Waals surface area contributed by atoms with E-state index in [2.05, 4.69) is 18.7 Å². The third kappa shape index (κ3) is 3.44. The lowest BCUT2D eigenvalue weighted by atomic mass is 9.99. The van der Waals surface area contributed by atoms with Gasteiger partial charge in [0, 0.05) is 19.2 Å². The van der Waals surface area contributed by atoms with Crippen LogP contribution in [-0.4, -0.2) is 42.8 Å². The van der Waals surface area contributed by atoms with Gasteiger partial charge in [0.05, 0.1) is 12.1 Å². The van der Waals surface area contributed by atoms with Gasteiger partial charge in [-0.15, -0.1) is 0 Å². The minimum atomic E-state index is -0.0699. The van der Waals surface area contributed by atoms with Crippen LogP contribution in [0.3, 0.4) is 0 Å². The molecule has 3 nitrogen and oxygen atoms in total. The molecule has 2 aliphatic rings. The van der Waals surface area contributed by atoms with E-state index in [1.807, 2.05) is 0 Å². The van der Waals surface area contributed by atoms with Gasteiger partial charge in [-0.1, -0.05) is 13.8 Å². The minimum Gasteiger partial charge on any atom is -0.379 e. The summed E-state index contributed by atoms with van der Waals surface area (Å²) in [5.74, 6) is 0.787. The van der Waals surface area contributed by atoms with Gasteiger partial charge in [0.25, 0.3) is 0 Å². The maximum absolute atomic E-state index is 6.37. The summed E-state index contributed by atoms with van der Waals surface area (Å²) in [5.41, 5.74) is 6.30. The van der Waals surface area contributed by atoms with Crippen LogP contribution in [0, 0.1) is 5.92 Å². The van der Waals surface area contributed by atoms with Gasteiger partial charge < -0.3 is 10.5 Å². The van der Waals surface area contributed by atoms with E-state index in [9.17, 15) is 0 Å². The van der Waals surface area contributed by atoms with Crippen LogP contribution >= 0.6 is 0 Å².